The van der Waals surface area contributed by atoms with Crippen molar-refractivity contribution < 1.29 is 9.47 Å². The van der Waals surface area contributed by atoms with E-state index < -0.39 is 0 Å². The highest BCUT2D eigenvalue weighted by atomic mass is 35.5. The Balaban J connectivity index is 1.72. The van der Waals surface area contributed by atoms with Gasteiger partial charge in [-0.3, -0.25) is 0 Å². The first-order chi connectivity index (χ1) is 10.3. The van der Waals surface area contributed by atoms with E-state index >= 15 is 0 Å². The molecule has 1 N–H and O–H groups in total. The smallest absolute Gasteiger partial charge is 0.161 e. The molecule has 0 unspecified atom stereocenters. The lowest BCUT2D eigenvalue weighted by Crippen LogP contribution is -2.20. The minimum atomic E-state index is 0.546. The Labute approximate surface area is 130 Å². The van der Waals surface area contributed by atoms with Crippen molar-refractivity contribution in [3.05, 3.63) is 59.7 Å². The molecule has 3 nitrogen and oxygen atoms in total. The molecule has 112 valence electrons. The first-order valence-corrected chi connectivity index (χ1v) is 7.47. The lowest BCUT2D eigenvalue weighted by atomic mass is 10.1. The van der Waals surface area contributed by atoms with Crippen LogP contribution in [-0.2, 0) is 12.4 Å². The minimum absolute atomic E-state index is 0.546. The zero-order chi connectivity index (χ0) is 14.9. The molecular formula is C17H20ClNO2. The second-order valence-corrected chi connectivity index (χ2v) is 4.90. The number of benzene rings is 2. The zero-order valence-electron chi connectivity index (χ0n) is 12.1. The molecule has 0 amide bonds. The summed E-state index contributed by atoms with van der Waals surface area (Å²) in [6.45, 7) is 2.17. The van der Waals surface area contributed by atoms with Gasteiger partial charge in [-0.15, -0.1) is 11.6 Å². The quantitative estimate of drug-likeness (QED) is 0.597. The monoisotopic (exact) mass is 305 g/mol. The molecule has 21 heavy (non-hydrogen) atoms. The van der Waals surface area contributed by atoms with Crippen molar-refractivity contribution in [2.24, 2.45) is 0 Å². The molecule has 0 radical (unpaired) electrons. The zero-order valence-corrected chi connectivity index (χ0v) is 12.9. The normalized spacial score (nSPS) is 10.4. The van der Waals surface area contributed by atoms with Gasteiger partial charge in [0.15, 0.2) is 11.5 Å². The summed E-state index contributed by atoms with van der Waals surface area (Å²) >= 11 is 5.83. The summed E-state index contributed by atoms with van der Waals surface area (Å²) in [5.41, 5.74) is 2.37. The van der Waals surface area contributed by atoms with Crippen molar-refractivity contribution in [2.75, 3.05) is 20.3 Å². The van der Waals surface area contributed by atoms with Crippen LogP contribution in [0.1, 0.15) is 11.1 Å². The fourth-order valence-electron chi connectivity index (χ4n) is 2.03. The molecule has 2 aromatic carbocycles. The van der Waals surface area contributed by atoms with E-state index in [0.29, 0.717) is 12.5 Å². The molecule has 0 aromatic heterocycles. The van der Waals surface area contributed by atoms with Gasteiger partial charge in [-0.05, 0) is 23.3 Å². The van der Waals surface area contributed by atoms with Crippen molar-refractivity contribution in [1.82, 2.24) is 5.32 Å². The molecule has 0 fully saturated rings. The molecule has 0 aliphatic rings. The fraction of sp³-hybridized carbons (Fsp3) is 0.294. The van der Waals surface area contributed by atoms with E-state index in [1.54, 1.807) is 7.11 Å². The maximum absolute atomic E-state index is 5.83. The Bertz CT molecular complexity index is 560. The molecule has 0 heterocycles. The summed E-state index contributed by atoms with van der Waals surface area (Å²) in [5.74, 6) is 2.07. The summed E-state index contributed by atoms with van der Waals surface area (Å²) in [7, 11) is 1.64. The number of halogens is 1. The Morgan fingerprint density at radius 1 is 1.00 bits per heavy atom. The first-order valence-electron chi connectivity index (χ1n) is 6.94. The molecular weight excluding hydrogens is 286 g/mol. The van der Waals surface area contributed by atoms with Gasteiger partial charge in [0.25, 0.3) is 0 Å². The Morgan fingerprint density at radius 3 is 2.52 bits per heavy atom. The van der Waals surface area contributed by atoms with E-state index in [9.17, 15) is 0 Å². The van der Waals surface area contributed by atoms with Crippen LogP contribution < -0.4 is 14.8 Å². The Hall–Kier alpha value is -1.71. The van der Waals surface area contributed by atoms with Gasteiger partial charge < -0.3 is 14.8 Å². The minimum Gasteiger partial charge on any atom is -0.493 e. The summed E-state index contributed by atoms with van der Waals surface area (Å²) in [4.78, 5) is 0. The van der Waals surface area contributed by atoms with Crippen LogP contribution in [0.4, 0.5) is 0 Å². The van der Waals surface area contributed by atoms with Crippen LogP contribution in [0.25, 0.3) is 0 Å². The van der Waals surface area contributed by atoms with E-state index in [1.807, 2.05) is 36.4 Å². The molecule has 2 rings (SSSR count). The topological polar surface area (TPSA) is 30.5 Å². The maximum atomic E-state index is 5.83. The number of nitrogens with one attached hydrogen (secondary N) is 1. The molecule has 0 aliphatic carbocycles. The third-order valence-corrected chi connectivity index (χ3v) is 3.39. The molecule has 0 saturated carbocycles. The van der Waals surface area contributed by atoms with Crippen molar-refractivity contribution >= 4 is 11.6 Å². The number of hydrogen-bond acceptors (Lipinski definition) is 3. The largest absolute Gasteiger partial charge is 0.493 e. The van der Waals surface area contributed by atoms with E-state index in [2.05, 4.69) is 17.4 Å². The lowest BCUT2D eigenvalue weighted by molar-refractivity contribution is 0.292. The van der Waals surface area contributed by atoms with Crippen LogP contribution in [-0.4, -0.2) is 20.3 Å². The predicted molar refractivity (Wildman–Crippen MR) is 86.2 cm³/mol. The average Bonchev–Trinajstić information content (AvgIpc) is 2.55. The Kier molecular flexibility index (Phi) is 6.38. The molecule has 0 atom stereocenters. The lowest BCUT2D eigenvalue weighted by Gasteiger charge is -2.11. The van der Waals surface area contributed by atoms with Gasteiger partial charge in [0, 0.05) is 19.0 Å². The fourth-order valence-corrected chi connectivity index (χ4v) is 2.19. The van der Waals surface area contributed by atoms with Crippen molar-refractivity contribution in [1.29, 1.82) is 0 Å². The molecule has 2 aromatic rings. The van der Waals surface area contributed by atoms with Crippen LogP contribution in [0.3, 0.4) is 0 Å². The number of hydrogen-bond donors (Lipinski definition) is 1. The predicted octanol–water partition coefficient (Wildman–Crippen LogP) is 3.60. The first kappa shape index (κ1) is 15.7. The van der Waals surface area contributed by atoms with E-state index in [-0.39, 0.29) is 0 Å². The van der Waals surface area contributed by atoms with E-state index in [4.69, 9.17) is 21.1 Å². The molecule has 0 saturated heterocycles. The van der Waals surface area contributed by atoms with Gasteiger partial charge >= 0.3 is 0 Å². The number of alkyl halides is 1. The van der Waals surface area contributed by atoms with Crippen molar-refractivity contribution in [3.63, 3.8) is 0 Å². The van der Waals surface area contributed by atoms with Crippen LogP contribution >= 0.6 is 11.6 Å². The second kappa shape index (κ2) is 8.55. The Morgan fingerprint density at radius 2 is 1.76 bits per heavy atom. The van der Waals surface area contributed by atoms with Crippen molar-refractivity contribution in [3.8, 4) is 11.5 Å². The number of rotatable bonds is 8. The third-order valence-electron chi connectivity index (χ3n) is 3.08. The van der Waals surface area contributed by atoms with Gasteiger partial charge in [-0.2, -0.15) is 0 Å². The molecule has 0 aliphatic heterocycles. The summed E-state index contributed by atoms with van der Waals surface area (Å²) in [6.07, 6.45) is 0. The van der Waals surface area contributed by atoms with Crippen LogP contribution in [0.2, 0.25) is 0 Å². The second-order valence-electron chi connectivity index (χ2n) is 4.63. The number of methoxy groups -OCH3 is 1. The van der Waals surface area contributed by atoms with E-state index in [0.717, 1.165) is 30.2 Å². The van der Waals surface area contributed by atoms with Gasteiger partial charge in [0.2, 0.25) is 0 Å². The SMILES string of the molecule is COc1ccccc1OCCNCc1cccc(CCl)c1. The maximum Gasteiger partial charge on any atom is 0.161 e. The van der Waals surface area contributed by atoms with Gasteiger partial charge in [-0.25, -0.2) is 0 Å². The van der Waals surface area contributed by atoms with Crippen LogP contribution in [0.15, 0.2) is 48.5 Å². The third kappa shape index (κ3) is 4.96. The van der Waals surface area contributed by atoms with Gasteiger partial charge in [0.05, 0.1) is 7.11 Å². The highest BCUT2D eigenvalue weighted by Gasteiger charge is 2.01. The average molecular weight is 306 g/mol. The standard InChI is InChI=1S/C17H20ClNO2/c1-20-16-7-2-3-8-17(16)21-10-9-19-13-15-6-4-5-14(11-15)12-18/h2-8,11,19H,9-10,12-13H2,1H3. The van der Waals surface area contributed by atoms with Gasteiger partial charge in [-0.1, -0.05) is 36.4 Å². The highest BCUT2D eigenvalue weighted by molar-refractivity contribution is 6.17. The highest BCUT2D eigenvalue weighted by Crippen LogP contribution is 2.25. The van der Waals surface area contributed by atoms with E-state index in [1.165, 1.54) is 5.56 Å². The number of para-hydroxylation sites is 2. The molecule has 0 bridgehead atoms. The summed E-state index contributed by atoms with van der Waals surface area (Å²) in [5, 5.41) is 3.35. The van der Waals surface area contributed by atoms with Crippen LogP contribution in [0, 0.1) is 0 Å². The molecule has 0 spiro atoms. The summed E-state index contributed by atoms with van der Waals surface area (Å²) < 4.78 is 10.9. The summed E-state index contributed by atoms with van der Waals surface area (Å²) in [6, 6.07) is 15.9. The molecule has 4 heteroatoms. The van der Waals surface area contributed by atoms with Crippen LogP contribution in [0.5, 0.6) is 11.5 Å². The van der Waals surface area contributed by atoms with Crippen molar-refractivity contribution in [2.45, 2.75) is 12.4 Å². The number of ether oxygens (including phenoxy) is 2. The van der Waals surface area contributed by atoms with Gasteiger partial charge in [0.1, 0.15) is 6.61 Å².